The summed E-state index contributed by atoms with van der Waals surface area (Å²) in [5, 5.41) is 6.97. The average Bonchev–Trinajstić information content (AvgIpc) is 3.15. The fraction of sp³-hybridized carbons (Fsp3) is 0.211. The van der Waals surface area contributed by atoms with E-state index in [1.165, 1.54) is 18.5 Å². The Morgan fingerprint density at radius 1 is 1.07 bits per heavy atom. The molecule has 0 fully saturated rings. The first-order valence-corrected chi connectivity index (χ1v) is 8.24. The van der Waals surface area contributed by atoms with Gasteiger partial charge in [0.2, 0.25) is 5.91 Å². The van der Waals surface area contributed by atoms with Crippen LogP contribution < -0.4 is 5.32 Å². The molecule has 27 heavy (non-hydrogen) atoms. The van der Waals surface area contributed by atoms with Crippen LogP contribution in [0.1, 0.15) is 22.7 Å². The molecule has 3 aromatic rings. The number of carbonyl (C=O) groups is 1. The van der Waals surface area contributed by atoms with Crippen molar-refractivity contribution in [2.75, 3.05) is 0 Å². The van der Waals surface area contributed by atoms with Gasteiger partial charge >= 0.3 is 6.18 Å². The summed E-state index contributed by atoms with van der Waals surface area (Å²) in [7, 11) is 0. The van der Waals surface area contributed by atoms with Crippen LogP contribution in [0, 0.1) is 0 Å². The van der Waals surface area contributed by atoms with Gasteiger partial charge in [0.1, 0.15) is 12.7 Å². The monoisotopic (exact) mass is 374 g/mol. The molecule has 1 aromatic heterocycles. The van der Waals surface area contributed by atoms with Gasteiger partial charge in [-0.05, 0) is 23.3 Å². The Morgan fingerprint density at radius 3 is 2.37 bits per heavy atom. The van der Waals surface area contributed by atoms with E-state index in [1.54, 1.807) is 11.0 Å². The van der Waals surface area contributed by atoms with Gasteiger partial charge in [-0.3, -0.25) is 9.48 Å². The van der Waals surface area contributed by atoms with Crippen molar-refractivity contribution in [2.45, 2.75) is 25.2 Å². The van der Waals surface area contributed by atoms with Crippen molar-refractivity contribution in [3.8, 4) is 0 Å². The summed E-state index contributed by atoms with van der Waals surface area (Å²) < 4.78 is 39.5. The summed E-state index contributed by atoms with van der Waals surface area (Å²) in [6.07, 6.45) is -1.44. The molecule has 0 aliphatic carbocycles. The standard InChI is InChI=1S/C19H17F3N4O/c20-19(21,22)16-8-6-14(7-9-16)10-18(27)25-17(11-26-13-23-12-24-26)15-4-2-1-3-5-15/h1-9,12-13,17H,10-11H2,(H,25,27). The van der Waals surface area contributed by atoms with Crippen LogP contribution in [0.5, 0.6) is 0 Å². The highest BCUT2D eigenvalue weighted by Gasteiger charge is 2.30. The van der Waals surface area contributed by atoms with E-state index < -0.39 is 11.7 Å². The Labute approximate surface area is 153 Å². The minimum absolute atomic E-state index is 0.0151. The topological polar surface area (TPSA) is 59.8 Å². The Morgan fingerprint density at radius 2 is 1.78 bits per heavy atom. The lowest BCUT2D eigenvalue weighted by atomic mass is 10.1. The second-order valence-electron chi connectivity index (χ2n) is 6.02. The van der Waals surface area contributed by atoms with E-state index in [2.05, 4.69) is 15.4 Å². The van der Waals surface area contributed by atoms with Crippen LogP contribution in [0.15, 0.2) is 67.3 Å². The number of nitrogens with zero attached hydrogens (tertiary/aromatic N) is 3. The first-order chi connectivity index (χ1) is 12.9. The van der Waals surface area contributed by atoms with Crippen LogP contribution in [-0.2, 0) is 23.9 Å². The van der Waals surface area contributed by atoms with Crippen LogP contribution in [0.3, 0.4) is 0 Å². The van der Waals surface area contributed by atoms with E-state index in [9.17, 15) is 18.0 Å². The van der Waals surface area contributed by atoms with Gasteiger partial charge in [0.15, 0.2) is 0 Å². The van der Waals surface area contributed by atoms with E-state index in [4.69, 9.17) is 0 Å². The van der Waals surface area contributed by atoms with Crippen LogP contribution in [0.2, 0.25) is 0 Å². The first-order valence-electron chi connectivity index (χ1n) is 8.24. The number of rotatable bonds is 6. The fourth-order valence-corrected chi connectivity index (χ4v) is 2.68. The maximum atomic E-state index is 12.6. The molecule has 0 aliphatic rings. The maximum Gasteiger partial charge on any atom is 0.416 e. The molecule has 0 saturated carbocycles. The number of halogens is 3. The summed E-state index contributed by atoms with van der Waals surface area (Å²) in [6.45, 7) is 0.392. The molecule has 5 nitrogen and oxygen atoms in total. The zero-order valence-corrected chi connectivity index (χ0v) is 14.2. The van der Waals surface area contributed by atoms with E-state index in [0.717, 1.165) is 17.7 Å². The highest BCUT2D eigenvalue weighted by Crippen LogP contribution is 2.29. The molecule has 0 bridgehead atoms. The van der Waals surface area contributed by atoms with Crippen molar-refractivity contribution in [1.82, 2.24) is 20.1 Å². The van der Waals surface area contributed by atoms with Crippen LogP contribution >= 0.6 is 0 Å². The number of aromatic nitrogens is 3. The van der Waals surface area contributed by atoms with Crippen LogP contribution in [0.25, 0.3) is 0 Å². The van der Waals surface area contributed by atoms with Crippen molar-refractivity contribution in [3.63, 3.8) is 0 Å². The summed E-state index contributed by atoms with van der Waals surface area (Å²) in [4.78, 5) is 16.3. The number of hydrogen-bond donors (Lipinski definition) is 1. The van der Waals surface area contributed by atoms with Gasteiger partial charge < -0.3 is 5.32 Å². The van der Waals surface area contributed by atoms with Gasteiger partial charge in [0.25, 0.3) is 0 Å². The molecule has 0 saturated heterocycles. The van der Waals surface area contributed by atoms with Gasteiger partial charge in [-0.2, -0.15) is 18.3 Å². The third kappa shape index (κ3) is 5.16. The Kier molecular flexibility index (Phi) is 5.54. The molecule has 8 heteroatoms. The minimum atomic E-state index is -4.39. The molecule has 1 heterocycles. The Bertz CT molecular complexity index is 862. The first kappa shape index (κ1) is 18.6. The summed E-state index contributed by atoms with van der Waals surface area (Å²) in [6, 6.07) is 13.6. The molecule has 140 valence electrons. The van der Waals surface area contributed by atoms with Crippen molar-refractivity contribution < 1.29 is 18.0 Å². The molecule has 2 aromatic carbocycles. The molecule has 1 N–H and O–H groups in total. The minimum Gasteiger partial charge on any atom is -0.347 e. The summed E-state index contributed by atoms with van der Waals surface area (Å²) in [5.74, 6) is -0.288. The molecule has 0 aliphatic heterocycles. The van der Waals surface area contributed by atoms with Gasteiger partial charge in [-0.25, -0.2) is 4.98 Å². The molecule has 3 rings (SSSR count). The molecule has 1 atom stereocenters. The second kappa shape index (κ2) is 8.03. The van der Waals surface area contributed by atoms with Crippen molar-refractivity contribution in [3.05, 3.63) is 83.9 Å². The van der Waals surface area contributed by atoms with Crippen molar-refractivity contribution in [2.24, 2.45) is 0 Å². The summed E-state index contributed by atoms with van der Waals surface area (Å²) in [5.41, 5.74) is 0.668. The zero-order valence-electron chi connectivity index (χ0n) is 14.2. The van der Waals surface area contributed by atoms with Gasteiger partial charge in [0.05, 0.1) is 24.6 Å². The smallest absolute Gasteiger partial charge is 0.347 e. The van der Waals surface area contributed by atoms with Crippen LogP contribution in [0.4, 0.5) is 13.2 Å². The number of benzene rings is 2. The number of hydrogen-bond acceptors (Lipinski definition) is 3. The van der Waals surface area contributed by atoms with Crippen LogP contribution in [-0.4, -0.2) is 20.7 Å². The van der Waals surface area contributed by atoms with Gasteiger partial charge in [-0.1, -0.05) is 42.5 Å². The molecular formula is C19H17F3N4O. The van der Waals surface area contributed by atoms with E-state index >= 15 is 0 Å². The van der Waals surface area contributed by atoms with Crippen molar-refractivity contribution in [1.29, 1.82) is 0 Å². The lowest BCUT2D eigenvalue weighted by Gasteiger charge is -2.19. The third-order valence-corrected chi connectivity index (χ3v) is 4.02. The van der Waals surface area contributed by atoms with Gasteiger partial charge in [0, 0.05) is 0 Å². The van der Waals surface area contributed by atoms with E-state index in [-0.39, 0.29) is 18.4 Å². The fourth-order valence-electron chi connectivity index (χ4n) is 2.68. The third-order valence-electron chi connectivity index (χ3n) is 4.02. The van der Waals surface area contributed by atoms with E-state index in [0.29, 0.717) is 12.1 Å². The maximum absolute atomic E-state index is 12.6. The lowest BCUT2D eigenvalue weighted by molar-refractivity contribution is -0.137. The number of alkyl halides is 3. The number of carbonyl (C=O) groups excluding carboxylic acids is 1. The predicted octanol–water partition coefficient (Wildman–Crippen LogP) is 3.40. The zero-order chi connectivity index (χ0) is 19.3. The quantitative estimate of drug-likeness (QED) is 0.719. The van der Waals surface area contributed by atoms with E-state index in [1.807, 2.05) is 30.3 Å². The van der Waals surface area contributed by atoms with Gasteiger partial charge in [-0.15, -0.1) is 0 Å². The van der Waals surface area contributed by atoms with Crippen molar-refractivity contribution >= 4 is 5.91 Å². The highest BCUT2D eigenvalue weighted by atomic mass is 19.4. The highest BCUT2D eigenvalue weighted by molar-refractivity contribution is 5.79. The molecular weight excluding hydrogens is 357 g/mol. The Hall–Kier alpha value is -3.16. The lowest BCUT2D eigenvalue weighted by Crippen LogP contribution is -2.32. The molecule has 0 spiro atoms. The largest absolute Gasteiger partial charge is 0.416 e. The number of amides is 1. The SMILES string of the molecule is O=C(Cc1ccc(C(F)(F)F)cc1)NC(Cn1cncn1)c1ccccc1. The average molecular weight is 374 g/mol. The predicted molar refractivity (Wildman–Crippen MR) is 92.5 cm³/mol. The summed E-state index contributed by atoms with van der Waals surface area (Å²) >= 11 is 0. The second-order valence-corrected chi connectivity index (χ2v) is 6.02. The Balaban J connectivity index is 1.69. The normalized spacial score (nSPS) is 12.6. The molecule has 1 amide bonds. The number of nitrogens with one attached hydrogen (secondary N) is 1. The molecule has 0 radical (unpaired) electrons. The molecule has 1 unspecified atom stereocenters.